The first-order chi connectivity index (χ1) is 9.63. The SMILES string of the molecule is COc1cc(CNCc2ncc(C)o2)cc(OC)c1O. The smallest absolute Gasteiger partial charge is 0.208 e. The predicted octanol–water partition coefficient (Wildman–Crippen LogP) is 2.00. The molecule has 0 atom stereocenters. The topological polar surface area (TPSA) is 76.8 Å². The third-order valence-corrected chi connectivity index (χ3v) is 2.81. The van der Waals surface area contributed by atoms with Crippen LogP contribution in [0.5, 0.6) is 17.2 Å². The van der Waals surface area contributed by atoms with E-state index < -0.39 is 0 Å². The van der Waals surface area contributed by atoms with Crippen molar-refractivity contribution in [3.8, 4) is 17.2 Å². The minimum Gasteiger partial charge on any atom is -0.502 e. The van der Waals surface area contributed by atoms with Gasteiger partial charge in [0.25, 0.3) is 0 Å². The molecule has 0 amide bonds. The first kappa shape index (κ1) is 14.2. The Morgan fingerprint density at radius 1 is 1.20 bits per heavy atom. The summed E-state index contributed by atoms with van der Waals surface area (Å²) in [6.07, 6.45) is 1.68. The summed E-state index contributed by atoms with van der Waals surface area (Å²) in [7, 11) is 3.00. The van der Waals surface area contributed by atoms with E-state index in [-0.39, 0.29) is 5.75 Å². The van der Waals surface area contributed by atoms with Crippen LogP contribution in [0, 0.1) is 6.92 Å². The van der Waals surface area contributed by atoms with Gasteiger partial charge in [0.05, 0.1) is 27.0 Å². The van der Waals surface area contributed by atoms with E-state index in [9.17, 15) is 5.11 Å². The molecule has 6 nitrogen and oxygen atoms in total. The van der Waals surface area contributed by atoms with Gasteiger partial charge in [0, 0.05) is 6.54 Å². The molecule has 2 N–H and O–H groups in total. The average molecular weight is 278 g/mol. The van der Waals surface area contributed by atoms with E-state index in [1.807, 2.05) is 6.92 Å². The average Bonchev–Trinajstić information content (AvgIpc) is 2.86. The summed E-state index contributed by atoms with van der Waals surface area (Å²) in [5.41, 5.74) is 0.930. The molecule has 108 valence electrons. The number of phenols is 1. The number of oxazole rings is 1. The molecule has 0 bridgehead atoms. The highest BCUT2D eigenvalue weighted by atomic mass is 16.5. The molecule has 2 aromatic rings. The quantitative estimate of drug-likeness (QED) is 0.841. The Morgan fingerprint density at radius 2 is 1.85 bits per heavy atom. The van der Waals surface area contributed by atoms with Crippen molar-refractivity contribution >= 4 is 0 Å². The molecule has 0 unspecified atom stereocenters. The Morgan fingerprint density at radius 3 is 2.35 bits per heavy atom. The van der Waals surface area contributed by atoms with Crippen LogP contribution in [-0.2, 0) is 13.1 Å². The number of hydrogen-bond acceptors (Lipinski definition) is 6. The number of phenolic OH excluding ortho intramolecular Hbond substituents is 1. The number of aromatic hydroxyl groups is 1. The van der Waals surface area contributed by atoms with Crippen molar-refractivity contribution in [2.24, 2.45) is 0 Å². The molecule has 0 aliphatic carbocycles. The van der Waals surface area contributed by atoms with Crippen LogP contribution in [0.15, 0.2) is 22.7 Å². The van der Waals surface area contributed by atoms with Gasteiger partial charge in [-0.2, -0.15) is 0 Å². The maximum Gasteiger partial charge on any atom is 0.208 e. The highest BCUT2D eigenvalue weighted by Crippen LogP contribution is 2.36. The first-order valence-electron chi connectivity index (χ1n) is 6.20. The maximum atomic E-state index is 9.82. The van der Waals surface area contributed by atoms with Crippen LogP contribution in [-0.4, -0.2) is 24.3 Å². The predicted molar refractivity (Wildman–Crippen MR) is 73.0 cm³/mol. The van der Waals surface area contributed by atoms with Gasteiger partial charge in [-0.1, -0.05) is 0 Å². The highest BCUT2D eigenvalue weighted by molar-refractivity contribution is 5.52. The number of rotatable bonds is 6. The fraction of sp³-hybridized carbons (Fsp3) is 0.357. The third kappa shape index (κ3) is 3.21. The van der Waals surface area contributed by atoms with E-state index in [1.165, 1.54) is 14.2 Å². The van der Waals surface area contributed by atoms with Crippen molar-refractivity contribution < 1.29 is 19.0 Å². The number of aromatic nitrogens is 1. The lowest BCUT2D eigenvalue weighted by Crippen LogP contribution is -2.13. The zero-order chi connectivity index (χ0) is 14.5. The highest BCUT2D eigenvalue weighted by Gasteiger charge is 2.11. The molecule has 0 saturated heterocycles. The Bertz CT molecular complexity index is 555. The van der Waals surface area contributed by atoms with Crippen LogP contribution in [0.3, 0.4) is 0 Å². The molecule has 20 heavy (non-hydrogen) atoms. The molecule has 0 saturated carbocycles. The lowest BCUT2D eigenvalue weighted by Gasteiger charge is -2.11. The second-order valence-electron chi connectivity index (χ2n) is 4.32. The minimum atomic E-state index is 0.00192. The van der Waals surface area contributed by atoms with Crippen LogP contribution < -0.4 is 14.8 Å². The molecule has 0 aliphatic heterocycles. The van der Waals surface area contributed by atoms with Crippen LogP contribution in [0.2, 0.25) is 0 Å². The van der Waals surface area contributed by atoms with E-state index in [0.29, 0.717) is 30.5 Å². The van der Waals surface area contributed by atoms with Gasteiger partial charge < -0.3 is 24.3 Å². The normalized spacial score (nSPS) is 10.6. The third-order valence-electron chi connectivity index (χ3n) is 2.81. The van der Waals surface area contributed by atoms with Gasteiger partial charge in [-0.05, 0) is 24.6 Å². The van der Waals surface area contributed by atoms with Crippen molar-refractivity contribution in [1.82, 2.24) is 10.3 Å². The van der Waals surface area contributed by atoms with Crippen LogP contribution in [0.4, 0.5) is 0 Å². The van der Waals surface area contributed by atoms with Gasteiger partial charge in [0.15, 0.2) is 11.5 Å². The van der Waals surface area contributed by atoms with Gasteiger partial charge >= 0.3 is 0 Å². The molecule has 6 heteroatoms. The second-order valence-corrected chi connectivity index (χ2v) is 4.32. The summed E-state index contributed by atoms with van der Waals surface area (Å²) in [6, 6.07) is 3.51. The van der Waals surface area contributed by atoms with Crippen molar-refractivity contribution in [1.29, 1.82) is 0 Å². The Hall–Kier alpha value is -2.21. The van der Waals surface area contributed by atoms with Gasteiger partial charge in [0.2, 0.25) is 11.6 Å². The number of nitrogens with one attached hydrogen (secondary N) is 1. The standard InChI is InChI=1S/C14H18N2O4/c1-9-6-16-13(20-9)8-15-7-10-4-11(18-2)14(17)12(5-10)19-3/h4-6,15,17H,7-8H2,1-3H3. The largest absolute Gasteiger partial charge is 0.502 e. The Kier molecular flexibility index (Phi) is 4.47. The zero-order valence-corrected chi connectivity index (χ0v) is 11.8. The summed E-state index contributed by atoms with van der Waals surface area (Å²) < 4.78 is 15.6. The van der Waals surface area contributed by atoms with Gasteiger partial charge in [-0.15, -0.1) is 0 Å². The van der Waals surface area contributed by atoms with E-state index in [2.05, 4.69) is 10.3 Å². The van der Waals surface area contributed by atoms with E-state index >= 15 is 0 Å². The fourth-order valence-corrected chi connectivity index (χ4v) is 1.85. The Labute approximate surface area is 117 Å². The summed E-state index contributed by atoms with van der Waals surface area (Å²) in [5, 5.41) is 13.0. The lowest BCUT2D eigenvalue weighted by molar-refractivity contribution is 0.339. The minimum absolute atomic E-state index is 0.00192. The molecule has 2 rings (SSSR count). The number of hydrogen-bond donors (Lipinski definition) is 2. The molecule has 0 fully saturated rings. The number of nitrogens with zero attached hydrogens (tertiary/aromatic N) is 1. The van der Waals surface area contributed by atoms with Gasteiger partial charge in [0.1, 0.15) is 5.76 Å². The molecular weight excluding hydrogens is 260 g/mol. The molecule has 0 spiro atoms. The summed E-state index contributed by atoms with van der Waals surface area (Å²) in [4.78, 5) is 4.11. The van der Waals surface area contributed by atoms with E-state index in [4.69, 9.17) is 13.9 Å². The molecule has 1 aromatic carbocycles. The molecule has 1 aromatic heterocycles. The zero-order valence-electron chi connectivity index (χ0n) is 11.8. The van der Waals surface area contributed by atoms with Crippen molar-refractivity contribution in [2.75, 3.05) is 14.2 Å². The van der Waals surface area contributed by atoms with Crippen molar-refractivity contribution in [2.45, 2.75) is 20.0 Å². The van der Waals surface area contributed by atoms with Crippen LogP contribution in [0.1, 0.15) is 17.2 Å². The second kappa shape index (κ2) is 6.29. The fourth-order valence-electron chi connectivity index (χ4n) is 1.85. The summed E-state index contributed by atoms with van der Waals surface area (Å²) in [6.45, 7) is 2.96. The van der Waals surface area contributed by atoms with Crippen LogP contribution in [0.25, 0.3) is 0 Å². The first-order valence-corrected chi connectivity index (χ1v) is 6.20. The molecule has 1 heterocycles. The Balaban J connectivity index is 2.02. The summed E-state index contributed by atoms with van der Waals surface area (Å²) >= 11 is 0. The molecule has 0 radical (unpaired) electrons. The van der Waals surface area contributed by atoms with Gasteiger partial charge in [-0.25, -0.2) is 4.98 Å². The monoisotopic (exact) mass is 278 g/mol. The van der Waals surface area contributed by atoms with Crippen LogP contribution >= 0.6 is 0 Å². The maximum absolute atomic E-state index is 9.82. The van der Waals surface area contributed by atoms with Gasteiger partial charge in [-0.3, -0.25) is 0 Å². The number of methoxy groups -OCH3 is 2. The number of benzene rings is 1. The number of ether oxygens (including phenoxy) is 2. The molecular formula is C14H18N2O4. The lowest BCUT2D eigenvalue weighted by atomic mass is 10.2. The summed E-state index contributed by atoms with van der Waals surface area (Å²) in [5.74, 6) is 2.19. The van der Waals surface area contributed by atoms with E-state index in [0.717, 1.165) is 11.3 Å². The number of aryl methyl sites for hydroxylation is 1. The van der Waals surface area contributed by atoms with Crippen molar-refractivity contribution in [3.63, 3.8) is 0 Å². The molecule has 0 aliphatic rings. The van der Waals surface area contributed by atoms with E-state index in [1.54, 1.807) is 18.3 Å². The van der Waals surface area contributed by atoms with Crippen molar-refractivity contribution in [3.05, 3.63) is 35.5 Å².